The molecule has 1 heterocycles. The highest BCUT2D eigenvalue weighted by Gasteiger charge is 2.18. The number of aromatic amines is 1. The van der Waals surface area contributed by atoms with Gasteiger partial charge in [0.2, 0.25) is 0 Å². The number of benzene rings is 1. The summed E-state index contributed by atoms with van der Waals surface area (Å²) in [5.74, 6) is -0.305. The predicted octanol–water partition coefficient (Wildman–Crippen LogP) is 2.37. The van der Waals surface area contributed by atoms with Crippen molar-refractivity contribution < 1.29 is 4.39 Å². The molecule has 1 aromatic carbocycles. The molecule has 0 spiro atoms. The lowest BCUT2D eigenvalue weighted by Gasteiger charge is -2.18. The second kappa shape index (κ2) is 4.38. The van der Waals surface area contributed by atoms with Gasteiger partial charge in [-0.1, -0.05) is 0 Å². The van der Waals surface area contributed by atoms with E-state index in [2.05, 4.69) is 4.98 Å². The Morgan fingerprint density at radius 1 is 1.11 bits per heavy atom. The van der Waals surface area contributed by atoms with Crippen LogP contribution in [-0.4, -0.2) is 4.98 Å². The molecule has 0 aliphatic rings. The largest absolute Gasteiger partial charge is 0.322 e. The zero-order chi connectivity index (χ0) is 13.3. The summed E-state index contributed by atoms with van der Waals surface area (Å²) in [6, 6.07) is 9.43. The lowest BCUT2D eigenvalue weighted by Crippen LogP contribution is -2.35. The number of nitrogens with two attached hydrogens (primary N) is 1. The molecule has 2 rings (SSSR count). The van der Waals surface area contributed by atoms with Crippen LogP contribution in [0.5, 0.6) is 0 Å². The minimum atomic E-state index is -0.686. The number of H-pyrrole nitrogens is 1. The summed E-state index contributed by atoms with van der Waals surface area (Å²) in [6.45, 7) is 3.55. The summed E-state index contributed by atoms with van der Waals surface area (Å²) in [5.41, 5.74) is 6.92. The summed E-state index contributed by atoms with van der Waals surface area (Å²) in [6.07, 6.45) is 0. The van der Waals surface area contributed by atoms with E-state index in [9.17, 15) is 9.18 Å². The van der Waals surface area contributed by atoms with Gasteiger partial charge in [0.15, 0.2) is 0 Å². The average molecular weight is 246 g/mol. The summed E-state index contributed by atoms with van der Waals surface area (Å²) in [7, 11) is 0. The van der Waals surface area contributed by atoms with Crippen molar-refractivity contribution in [3.63, 3.8) is 0 Å². The SMILES string of the molecule is CC(C)(N)c1ccc(-c2ccc(F)cc2)[nH]c1=O. The molecule has 94 valence electrons. The van der Waals surface area contributed by atoms with Crippen molar-refractivity contribution in [2.45, 2.75) is 19.4 Å². The molecule has 4 heteroatoms. The van der Waals surface area contributed by atoms with Crippen molar-refractivity contribution >= 4 is 0 Å². The minimum Gasteiger partial charge on any atom is -0.322 e. The van der Waals surface area contributed by atoms with Crippen LogP contribution in [0.1, 0.15) is 19.4 Å². The van der Waals surface area contributed by atoms with Crippen LogP contribution in [0.4, 0.5) is 4.39 Å². The van der Waals surface area contributed by atoms with E-state index in [-0.39, 0.29) is 11.4 Å². The molecule has 0 amide bonds. The molecule has 3 nitrogen and oxygen atoms in total. The van der Waals surface area contributed by atoms with Crippen molar-refractivity contribution in [1.29, 1.82) is 0 Å². The highest BCUT2D eigenvalue weighted by molar-refractivity contribution is 5.58. The first kappa shape index (κ1) is 12.5. The minimum absolute atomic E-state index is 0.218. The van der Waals surface area contributed by atoms with Crippen LogP contribution < -0.4 is 11.3 Å². The molecular formula is C14H15FN2O. The maximum Gasteiger partial charge on any atom is 0.253 e. The fraction of sp³-hybridized carbons (Fsp3) is 0.214. The first-order chi connectivity index (χ1) is 8.38. The van der Waals surface area contributed by atoms with Crippen molar-refractivity contribution in [3.8, 4) is 11.3 Å². The Morgan fingerprint density at radius 2 is 1.72 bits per heavy atom. The number of nitrogens with one attached hydrogen (secondary N) is 1. The van der Waals surface area contributed by atoms with Crippen molar-refractivity contribution in [1.82, 2.24) is 4.98 Å². The van der Waals surface area contributed by atoms with Gasteiger partial charge in [0.25, 0.3) is 5.56 Å². The van der Waals surface area contributed by atoms with Crippen LogP contribution in [0.3, 0.4) is 0 Å². The Hall–Kier alpha value is -1.94. The van der Waals surface area contributed by atoms with Crippen LogP contribution >= 0.6 is 0 Å². The molecule has 0 aliphatic carbocycles. The molecule has 3 N–H and O–H groups in total. The molecule has 1 aromatic heterocycles. The summed E-state index contributed by atoms with van der Waals surface area (Å²) in [5, 5.41) is 0. The molecule has 0 unspecified atom stereocenters. The van der Waals surface area contributed by atoms with Gasteiger partial charge in [-0.3, -0.25) is 4.79 Å². The van der Waals surface area contributed by atoms with Gasteiger partial charge in [0.05, 0.1) is 0 Å². The monoisotopic (exact) mass is 246 g/mol. The standard InChI is InChI=1S/C14H15FN2O/c1-14(2,16)11-7-8-12(17-13(11)18)9-3-5-10(15)6-4-9/h3-8H,16H2,1-2H3,(H,17,18). The Morgan fingerprint density at radius 3 is 2.22 bits per heavy atom. The van der Waals surface area contributed by atoms with Crippen LogP contribution in [0, 0.1) is 5.82 Å². The molecule has 0 saturated carbocycles. The number of hydrogen-bond donors (Lipinski definition) is 2. The lowest BCUT2D eigenvalue weighted by molar-refractivity contribution is 0.547. The van der Waals surface area contributed by atoms with E-state index < -0.39 is 5.54 Å². The van der Waals surface area contributed by atoms with Gasteiger partial charge in [-0.15, -0.1) is 0 Å². The van der Waals surface area contributed by atoms with Crippen LogP contribution in [-0.2, 0) is 5.54 Å². The van der Waals surface area contributed by atoms with E-state index in [1.807, 2.05) is 0 Å². The average Bonchev–Trinajstić information content (AvgIpc) is 2.28. The predicted molar refractivity (Wildman–Crippen MR) is 69.7 cm³/mol. The summed E-state index contributed by atoms with van der Waals surface area (Å²) >= 11 is 0. The first-order valence-corrected chi connectivity index (χ1v) is 5.66. The zero-order valence-electron chi connectivity index (χ0n) is 10.3. The second-order valence-electron chi connectivity index (χ2n) is 4.84. The van der Waals surface area contributed by atoms with E-state index in [1.165, 1.54) is 12.1 Å². The molecule has 2 aromatic rings. The van der Waals surface area contributed by atoms with Crippen molar-refractivity contribution in [2.24, 2.45) is 5.73 Å². The third-order valence-electron chi connectivity index (χ3n) is 2.76. The highest BCUT2D eigenvalue weighted by Crippen LogP contribution is 2.18. The smallest absolute Gasteiger partial charge is 0.253 e. The van der Waals surface area contributed by atoms with E-state index in [0.717, 1.165) is 5.56 Å². The van der Waals surface area contributed by atoms with Crippen molar-refractivity contribution in [3.05, 3.63) is 58.1 Å². The molecule has 0 fully saturated rings. The molecular weight excluding hydrogens is 231 g/mol. The number of rotatable bonds is 2. The van der Waals surface area contributed by atoms with E-state index in [1.54, 1.807) is 38.1 Å². The third-order valence-corrected chi connectivity index (χ3v) is 2.76. The topological polar surface area (TPSA) is 58.9 Å². The summed E-state index contributed by atoms with van der Waals surface area (Å²) in [4.78, 5) is 14.7. The first-order valence-electron chi connectivity index (χ1n) is 5.66. The van der Waals surface area contributed by atoms with Gasteiger partial charge in [-0.05, 0) is 55.8 Å². The quantitative estimate of drug-likeness (QED) is 0.854. The molecule has 0 saturated heterocycles. The molecule has 0 atom stereocenters. The Labute approximate surface area is 104 Å². The van der Waals surface area contributed by atoms with Gasteiger partial charge in [0.1, 0.15) is 5.82 Å². The van der Waals surface area contributed by atoms with Gasteiger partial charge in [-0.2, -0.15) is 0 Å². The van der Waals surface area contributed by atoms with Crippen molar-refractivity contribution in [2.75, 3.05) is 0 Å². The molecule has 0 radical (unpaired) electrons. The lowest BCUT2D eigenvalue weighted by atomic mass is 9.96. The number of halogens is 1. The van der Waals surface area contributed by atoms with E-state index >= 15 is 0 Å². The maximum absolute atomic E-state index is 12.8. The van der Waals surface area contributed by atoms with Gasteiger partial charge in [0, 0.05) is 16.8 Å². The zero-order valence-corrected chi connectivity index (χ0v) is 10.3. The molecule has 0 bridgehead atoms. The second-order valence-corrected chi connectivity index (χ2v) is 4.84. The number of pyridine rings is 1. The summed E-state index contributed by atoms with van der Waals surface area (Å²) < 4.78 is 12.8. The van der Waals surface area contributed by atoms with Crippen LogP contribution in [0.2, 0.25) is 0 Å². The molecule has 0 aliphatic heterocycles. The fourth-order valence-corrected chi connectivity index (χ4v) is 1.78. The maximum atomic E-state index is 12.8. The number of aromatic nitrogens is 1. The van der Waals surface area contributed by atoms with E-state index in [4.69, 9.17) is 5.73 Å². The van der Waals surface area contributed by atoms with Gasteiger partial charge >= 0.3 is 0 Å². The van der Waals surface area contributed by atoms with E-state index in [0.29, 0.717) is 11.3 Å². The Balaban J connectivity index is 2.47. The number of hydrogen-bond acceptors (Lipinski definition) is 2. The highest BCUT2D eigenvalue weighted by atomic mass is 19.1. The Kier molecular flexibility index (Phi) is 3.05. The van der Waals surface area contributed by atoms with Gasteiger partial charge in [-0.25, -0.2) is 4.39 Å². The van der Waals surface area contributed by atoms with Crippen LogP contribution in [0.15, 0.2) is 41.2 Å². The normalized spacial score (nSPS) is 11.6. The molecule has 18 heavy (non-hydrogen) atoms. The van der Waals surface area contributed by atoms with Gasteiger partial charge < -0.3 is 10.7 Å². The van der Waals surface area contributed by atoms with Crippen LogP contribution in [0.25, 0.3) is 11.3 Å². The fourth-order valence-electron chi connectivity index (χ4n) is 1.78. The Bertz CT molecular complexity index is 609. The third kappa shape index (κ3) is 2.49.